The van der Waals surface area contributed by atoms with Gasteiger partial charge in [0, 0.05) is 29.9 Å². The van der Waals surface area contributed by atoms with E-state index in [0.29, 0.717) is 11.5 Å². The predicted molar refractivity (Wildman–Crippen MR) is 98.8 cm³/mol. The Kier molecular flexibility index (Phi) is 3.79. The van der Waals surface area contributed by atoms with E-state index < -0.39 is 0 Å². The van der Waals surface area contributed by atoms with Crippen LogP contribution in [0.1, 0.15) is 36.7 Å². The van der Waals surface area contributed by atoms with Gasteiger partial charge in [-0.1, -0.05) is 32.0 Å². The van der Waals surface area contributed by atoms with Crippen molar-refractivity contribution in [2.45, 2.75) is 39.8 Å². The number of anilines is 1. The van der Waals surface area contributed by atoms with Crippen LogP contribution in [0.4, 0.5) is 5.69 Å². The van der Waals surface area contributed by atoms with Crippen molar-refractivity contribution in [3.05, 3.63) is 53.9 Å². The Labute approximate surface area is 147 Å². The summed E-state index contributed by atoms with van der Waals surface area (Å²) in [5, 5.41) is 5.32. The van der Waals surface area contributed by atoms with Crippen LogP contribution >= 0.6 is 0 Å². The third-order valence-electron chi connectivity index (χ3n) is 4.69. The molecule has 1 unspecified atom stereocenters. The zero-order valence-corrected chi connectivity index (χ0v) is 14.8. The van der Waals surface area contributed by atoms with Crippen molar-refractivity contribution in [3.8, 4) is 0 Å². The molecule has 0 bridgehead atoms. The lowest BCUT2D eigenvalue weighted by molar-refractivity contribution is 0.0981. The summed E-state index contributed by atoms with van der Waals surface area (Å²) >= 11 is 0. The first-order chi connectivity index (χ1) is 12.0. The first-order valence-electron chi connectivity index (χ1n) is 8.77. The fraction of sp³-hybridized carbons (Fsp3) is 0.350. The Hall–Kier alpha value is -2.69. The van der Waals surface area contributed by atoms with Crippen molar-refractivity contribution < 1.29 is 4.79 Å². The minimum Gasteiger partial charge on any atom is -0.305 e. The molecule has 1 amide bonds. The molecule has 4 rings (SSSR count). The first kappa shape index (κ1) is 15.8. The highest BCUT2D eigenvalue weighted by atomic mass is 16.2. The monoisotopic (exact) mass is 334 g/mol. The van der Waals surface area contributed by atoms with Crippen molar-refractivity contribution in [1.29, 1.82) is 0 Å². The third kappa shape index (κ3) is 2.69. The summed E-state index contributed by atoms with van der Waals surface area (Å²) in [6.45, 7) is 7.21. The molecule has 128 valence electrons. The van der Waals surface area contributed by atoms with Gasteiger partial charge in [0.05, 0.1) is 11.8 Å². The number of hydrogen-bond donors (Lipinski definition) is 0. The van der Waals surface area contributed by atoms with E-state index in [0.717, 1.165) is 29.7 Å². The maximum Gasteiger partial charge on any atom is 0.260 e. The molecule has 1 atom stereocenters. The smallest absolute Gasteiger partial charge is 0.260 e. The summed E-state index contributed by atoms with van der Waals surface area (Å²) in [6.07, 6.45) is 4.36. The van der Waals surface area contributed by atoms with Gasteiger partial charge >= 0.3 is 0 Å². The number of carbonyl (C=O) groups is 1. The molecule has 0 aliphatic carbocycles. The van der Waals surface area contributed by atoms with Crippen molar-refractivity contribution in [3.63, 3.8) is 0 Å². The summed E-state index contributed by atoms with van der Waals surface area (Å²) in [4.78, 5) is 19.5. The van der Waals surface area contributed by atoms with Crippen LogP contribution in [-0.4, -0.2) is 26.7 Å². The summed E-state index contributed by atoms with van der Waals surface area (Å²) in [6, 6.07) is 10.2. The number of pyridine rings is 1. The second-order valence-electron chi connectivity index (χ2n) is 7.21. The van der Waals surface area contributed by atoms with Crippen molar-refractivity contribution >= 4 is 22.6 Å². The van der Waals surface area contributed by atoms with E-state index in [1.165, 1.54) is 5.56 Å². The Morgan fingerprint density at radius 2 is 2.08 bits per heavy atom. The second-order valence-corrected chi connectivity index (χ2v) is 7.21. The molecule has 0 fully saturated rings. The molecule has 2 aromatic heterocycles. The van der Waals surface area contributed by atoms with Crippen LogP contribution in [0.15, 0.2) is 42.7 Å². The van der Waals surface area contributed by atoms with E-state index in [1.54, 1.807) is 12.4 Å². The minimum absolute atomic E-state index is 0.00320. The molecule has 0 spiro atoms. The molecule has 5 heteroatoms. The van der Waals surface area contributed by atoms with Gasteiger partial charge in [0.1, 0.15) is 0 Å². The maximum absolute atomic E-state index is 13.1. The predicted octanol–water partition coefficient (Wildman–Crippen LogP) is 3.68. The molecule has 0 radical (unpaired) electrons. The average Bonchev–Trinajstić information content (AvgIpc) is 3.13. The fourth-order valence-corrected chi connectivity index (χ4v) is 3.58. The third-order valence-corrected chi connectivity index (χ3v) is 4.69. The highest BCUT2D eigenvalue weighted by Gasteiger charge is 2.31. The maximum atomic E-state index is 13.1. The molecule has 1 aliphatic rings. The first-order valence-corrected chi connectivity index (χ1v) is 8.77. The average molecular weight is 334 g/mol. The molecular formula is C20H22N4O. The van der Waals surface area contributed by atoms with Crippen molar-refractivity contribution in [2.75, 3.05) is 4.90 Å². The molecule has 0 saturated heterocycles. The molecule has 25 heavy (non-hydrogen) atoms. The SMILES string of the molecule is CC(C)Cn1ncc2cc(C(=O)N3c4ccccc4CC3C)cnc21. The number of fused-ring (bicyclic) bond motifs is 2. The van der Waals surface area contributed by atoms with Gasteiger partial charge in [-0.2, -0.15) is 5.10 Å². The standard InChI is InChI=1S/C20H22N4O/c1-13(2)12-23-19-16(11-22-23)9-17(10-21-19)20(25)24-14(3)8-15-6-4-5-7-18(15)24/h4-7,9-11,13-14H,8,12H2,1-3H3. The molecular weight excluding hydrogens is 312 g/mol. The zero-order chi connectivity index (χ0) is 17.6. The Bertz CT molecular complexity index is 944. The molecule has 0 N–H and O–H groups in total. The van der Waals surface area contributed by atoms with Crippen LogP contribution in [0.2, 0.25) is 0 Å². The van der Waals surface area contributed by atoms with Gasteiger partial charge in [-0.05, 0) is 37.0 Å². The Morgan fingerprint density at radius 3 is 2.88 bits per heavy atom. The van der Waals surface area contributed by atoms with Gasteiger partial charge in [-0.3, -0.25) is 4.79 Å². The van der Waals surface area contributed by atoms with E-state index >= 15 is 0 Å². The van der Waals surface area contributed by atoms with Crippen LogP contribution in [0.3, 0.4) is 0 Å². The topological polar surface area (TPSA) is 51.0 Å². The highest BCUT2D eigenvalue weighted by molar-refractivity contribution is 6.08. The number of nitrogens with zero attached hydrogens (tertiary/aromatic N) is 4. The zero-order valence-electron chi connectivity index (χ0n) is 14.8. The summed E-state index contributed by atoms with van der Waals surface area (Å²) < 4.78 is 1.90. The van der Waals surface area contributed by atoms with Crippen molar-refractivity contribution in [1.82, 2.24) is 14.8 Å². The molecule has 1 aromatic carbocycles. The number of hydrogen-bond acceptors (Lipinski definition) is 3. The number of amides is 1. The largest absolute Gasteiger partial charge is 0.305 e. The molecule has 1 aliphatic heterocycles. The molecule has 0 saturated carbocycles. The lowest BCUT2D eigenvalue weighted by atomic mass is 10.1. The number of para-hydroxylation sites is 1. The van der Waals surface area contributed by atoms with Crippen LogP contribution in [0, 0.1) is 5.92 Å². The van der Waals surface area contributed by atoms with E-state index in [9.17, 15) is 4.79 Å². The minimum atomic E-state index is 0.00320. The van der Waals surface area contributed by atoms with Gasteiger partial charge < -0.3 is 4.90 Å². The normalized spacial score (nSPS) is 16.6. The Balaban J connectivity index is 1.69. The van der Waals surface area contributed by atoms with Gasteiger partial charge in [-0.15, -0.1) is 0 Å². The van der Waals surface area contributed by atoms with Crippen LogP contribution in [-0.2, 0) is 13.0 Å². The van der Waals surface area contributed by atoms with Gasteiger partial charge in [0.15, 0.2) is 5.65 Å². The fourth-order valence-electron chi connectivity index (χ4n) is 3.58. The molecule has 5 nitrogen and oxygen atoms in total. The molecule has 3 aromatic rings. The van der Waals surface area contributed by atoms with Gasteiger partial charge in [0.2, 0.25) is 0 Å². The van der Waals surface area contributed by atoms with Crippen LogP contribution in [0.25, 0.3) is 11.0 Å². The van der Waals surface area contributed by atoms with Crippen LogP contribution < -0.4 is 4.90 Å². The lowest BCUT2D eigenvalue weighted by Crippen LogP contribution is -2.35. The summed E-state index contributed by atoms with van der Waals surface area (Å²) in [7, 11) is 0. The molecule has 3 heterocycles. The van der Waals surface area contributed by atoms with Gasteiger partial charge in [0.25, 0.3) is 5.91 Å². The number of carbonyl (C=O) groups excluding carboxylic acids is 1. The lowest BCUT2D eigenvalue weighted by Gasteiger charge is -2.22. The Morgan fingerprint density at radius 1 is 1.28 bits per heavy atom. The number of benzene rings is 1. The summed E-state index contributed by atoms with van der Waals surface area (Å²) in [5.74, 6) is 0.497. The van der Waals surface area contributed by atoms with Gasteiger partial charge in [-0.25, -0.2) is 9.67 Å². The van der Waals surface area contributed by atoms with E-state index in [-0.39, 0.29) is 11.9 Å². The van der Waals surface area contributed by atoms with E-state index in [1.807, 2.05) is 33.8 Å². The van der Waals surface area contributed by atoms with Crippen LogP contribution in [0.5, 0.6) is 0 Å². The highest BCUT2D eigenvalue weighted by Crippen LogP contribution is 2.33. The number of aromatic nitrogens is 3. The number of rotatable bonds is 3. The van der Waals surface area contributed by atoms with Crippen molar-refractivity contribution in [2.24, 2.45) is 5.92 Å². The quantitative estimate of drug-likeness (QED) is 0.734. The summed E-state index contributed by atoms with van der Waals surface area (Å²) in [5.41, 5.74) is 3.68. The second kappa shape index (κ2) is 5.99. The van der Waals surface area contributed by atoms with E-state index in [2.05, 4.69) is 36.9 Å². The van der Waals surface area contributed by atoms with E-state index in [4.69, 9.17) is 0 Å².